The van der Waals surface area contributed by atoms with Crippen LogP contribution >= 0.6 is 11.3 Å². The molecule has 0 bridgehead atoms. The Morgan fingerprint density at radius 2 is 2.16 bits per heavy atom. The van der Waals surface area contributed by atoms with Crippen LogP contribution in [0.4, 0.5) is 5.13 Å². The fourth-order valence-electron chi connectivity index (χ4n) is 2.77. The number of nitrogens with one attached hydrogen (secondary N) is 2. The highest BCUT2D eigenvalue weighted by atomic mass is 32.1. The second-order valence-corrected chi connectivity index (χ2v) is 6.98. The summed E-state index contributed by atoms with van der Waals surface area (Å²) in [5.74, 6) is 0.969. The minimum Gasteiger partial charge on any atom is -0.454 e. The number of hydrogen-bond acceptors (Lipinski definition) is 5. The molecule has 0 atom stereocenters. The number of nitrogens with zero attached hydrogens (tertiary/aromatic N) is 2. The summed E-state index contributed by atoms with van der Waals surface area (Å²) in [4.78, 5) is 16.8. The van der Waals surface area contributed by atoms with Crippen molar-refractivity contribution >= 4 is 33.3 Å². The second-order valence-electron chi connectivity index (χ2n) is 6.12. The number of para-hydroxylation sites is 1. The van der Waals surface area contributed by atoms with Crippen molar-refractivity contribution in [2.75, 3.05) is 5.32 Å². The zero-order chi connectivity index (χ0) is 16.8. The maximum absolute atomic E-state index is 12.3. The molecule has 1 amide bonds. The number of rotatable bonds is 4. The molecule has 1 aromatic carbocycles. The number of hydrogen-bond donors (Lipinski definition) is 2. The first-order valence-corrected chi connectivity index (χ1v) is 8.95. The first kappa shape index (κ1) is 14.4. The molecule has 3 aromatic heterocycles. The molecule has 0 spiro atoms. The summed E-state index contributed by atoms with van der Waals surface area (Å²) in [6, 6.07) is 11.6. The van der Waals surface area contributed by atoms with Gasteiger partial charge in [-0.15, -0.1) is 11.3 Å². The van der Waals surface area contributed by atoms with E-state index in [2.05, 4.69) is 20.5 Å². The summed E-state index contributed by atoms with van der Waals surface area (Å²) in [6.45, 7) is 0. The largest absolute Gasteiger partial charge is 0.454 e. The molecule has 1 aliphatic carbocycles. The fourth-order valence-corrected chi connectivity index (χ4v) is 3.46. The van der Waals surface area contributed by atoms with E-state index in [9.17, 15) is 4.79 Å². The third-order valence-corrected chi connectivity index (χ3v) is 5.01. The number of carbonyl (C=O) groups is 1. The highest BCUT2D eigenvalue weighted by Gasteiger charge is 2.26. The lowest BCUT2D eigenvalue weighted by molar-refractivity contribution is 0.102. The molecule has 0 radical (unpaired) electrons. The third-order valence-electron chi connectivity index (χ3n) is 4.25. The van der Waals surface area contributed by atoms with Crippen molar-refractivity contribution in [3.8, 4) is 11.5 Å². The van der Waals surface area contributed by atoms with Crippen LogP contribution in [0.3, 0.4) is 0 Å². The maximum atomic E-state index is 12.3. The molecule has 0 aliphatic heterocycles. The van der Waals surface area contributed by atoms with E-state index in [0.29, 0.717) is 28.2 Å². The van der Waals surface area contributed by atoms with Gasteiger partial charge in [0.15, 0.2) is 16.6 Å². The van der Waals surface area contributed by atoms with Crippen LogP contribution in [-0.4, -0.2) is 21.1 Å². The normalized spacial score (nSPS) is 14.1. The molecule has 7 heteroatoms. The number of fused-ring (bicyclic) bond motifs is 1. The molecule has 1 saturated carbocycles. The Morgan fingerprint density at radius 3 is 3.00 bits per heavy atom. The standard InChI is InChI=1S/C18H14N4O2S/c23-17(13-8-12(21-22-13)10-5-6-10)20-18-19-14(9-25-18)16-7-11-3-1-2-4-15(11)24-16/h1-4,7-10H,5-6H2,(H,21,22)(H,19,20,23). The van der Waals surface area contributed by atoms with Gasteiger partial charge in [0.1, 0.15) is 11.3 Å². The van der Waals surface area contributed by atoms with Crippen molar-refractivity contribution in [3.05, 3.63) is 53.2 Å². The van der Waals surface area contributed by atoms with Gasteiger partial charge >= 0.3 is 0 Å². The molecule has 0 saturated heterocycles. The Kier molecular flexibility index (Phi) is 3.21. The SMILES string of the molecule is O=C(Nc1nc(-c2cc3ccccc3o2)cs1)c1cc(C2CC2)[nH]n1. The predicted molar refractivity (Wildman–Crippen MR) is 95.8 cm³/mol. The van der Waals surface area contributed by atoms with Crippen molar-refractivity contribution in [2.24, 2.45) is 0 Å². The van der Waals surface area contributed by atoms with E-state index in [1.807, 2.05) is 41.8 Å². The van der Waals surface area contributed by atoms with Crippen LogP contribution < -0.4 is 5.32 Å². The van der Waals surface area contributed by atoms with Crippen LogP contribution in [0.15, 0.2) is 46.2 Å². The Morgan fingerprint density at radius 1 is 1.28 bits per heavy atom. The number of amides is 1. The molecule has 2 N–H and O–H groups in total. The summed E-state index contributed by atoms with van der Waals surface area (Å²) in [7, 11) is 0. The van der Waals surface area contributed by atoms with Crippen molar-refractivity contribution in [1.82, 2.24) is 15.2 Å². The quantitative estimate of drug-likeness (QED) is 0.571. The minimum atomic E-state index is -0.256. The number of furan rings is 1. The average molecular weight is 350 g/mol. The van der Waals surface area contributed by atoms with Crippen LogP contribution in [-0.2, 0) is 0 Å². The van der Waals surface area contributed by atoms with Crippen LogP contribution in [0.1, 0.15) is 34.9 Å². The van der Waals surface area contributed by atoms with Gasteiger partial charge < -0.3 is 4.42 Å². The molecular formula is C18H14N4O2S. The van der Waals surface area contributed by atoms with Crippen molar-refractivity contribution in [1.29, 1.82) is 0 Å². The maximum Gasteiger partial charge on any atom is 0.277 e. The smallest absolute Gasteiger partial charge is 0.277 e. The van der Waals surface area contributed by atoms with Gasteiger partial charge in [-0.2, -0.15) is 5.10 Å². The van der Waals surface area contributed by atoms with Gasteiger partial charge in [0.25, 0.3) is 5.91 Å². The first-order chi connectivity index (χ1) is 12.3. The predicted octanol–water partition coefficient (Wildman–Crippen LogP) is 4.41. The Balaban J connectivity index is 1.35. The van der Waals surface area contributed by atoms with Gasteiger partial charge in [0.2, 0.25) is 0 Å². The molecule has 6 nitrogen and oxygen atoms in total. The Hall–Kier alpha value is -2.93. The molecular weight excluding hydrogens is 336 g/mol. The zero-order valence-corrected chi connectivity index (χ0v) is 14.0. The molecule has 4 aromatic rings. The third kappa shape index (κ3) is 2.72. The lowest BCUT2D eigenvalue weighted by atomic mass is 10.2. The van der Waals surface area contributed by atoms with E-state index in [-0.39, 0.29) is 5.91 Å². The monoisotopic (exact) mass is 350 g/mol. The molecule has 124 valence electrons. The van der Waals surface area contributed by atoms with Gasteiger partial charge in [-0.1, -0.05) is 18.2 Å². The molecule has 5 rings (SSSR count). The number of benzene rings is 1. The van der Waals surface area contributed by atoms with Gasteiger partial charge in [-0.3, -0.25) is 15.2 Å². The molecule has 3 heterocycles. The van der Waals surface area contributed by atoms with Crippen LogP contribution in [0, 0.1) is 0 Å². The lowest BCUT2D eigenvalue weighted by Crippen LogP contribution is -2.12. The van der Waals surface area contributed by atoms with Crippen LogP contribution in [0.2, 0.25) is 0 Å². The number of aromatic nitrogens is 3. The number of H-pyrrole nitrogens is 1. The number of carbonyl (C=O) groups excluding carboxylic acids is 1. The number of thiazole rings is 1. The van der Waals surface area contributed by atoms with Crippen molar-refractivity contribution in [2.45, 2.75) is 18.8 Å². The summed E-state index contributed by atoms with van der Waals surface area (Å²) < 4.78 is 5.81. The Bertz CT molecular complexity index is 1040. The first-order valence-electron chi connectivity index (χ1n) is 8.07. The summed E-state index contributed by atoms with van der Waals surface area (Å²) >= 11 is 1.36. The topological polar surface area (TPSA) is 83.8 Å². The highest BCUT2D eigenvalue weighted by Crippen LogP contribution is 2.39. The van der Waals surface area contributed by atoms with E-state index in [0.717, 1.165) is 29.5 Å². The highest BCUT2D eigenvalue weighted by molar-refractivity contribution is 7.14. The van der Waals surface area contributed by atoms with E-state index in [4.69, 9.17) is 4.42 Å². The fraction of sp³-hybridized carbons (Fsp3) is 0.167. The van der Waals surface area contributed by atoms with Gasteiger partial charge in [0, 0.05) is 22.4 Å². The average Bonchev–Trinajstić information content (AvgIpc) is 3.05. The number of anilines is 1. The molecule has 0 unspecified atom stereocenters. The van der Waals surface area contributed by atoms with Gasteiger partial charge in [-0.25, -0.2) is 4.98 Å². The lowest BCUT2D eigenvalue weighted by Gasteiger charge is -1.96. The molecule has 1 aliphatic rings. The van der Waals surface area contributed by atoms with Gasteiger partial charge in [0.05, 0.1) is 0 Å². The van der Waals surface area contributed by atoms with Crippen molar-refractivity contribution in [3.63, 3.8) is 0 Å². The second kappa shape index (κ2) is 5.56. The molecule has 25 heavy (non-hydrogen) atoms. The summed E-state index contributed by atoms with van der Waals surface area (Å²) in [5.41, 5.74) is 2.95. The summed E-state index contributed by atoms with van der Waals surface area (Å²) in [5, 5.41) is 13.2. The Labute approximate surface area is 146 Å². The van der Waals surface area contributed by atoms with E-state index in [1.54, 1.807) is 0 Å². The van der Waals surface area contributed by atoms with E-state index < -0.39 is 0 Å². The number of aromatic amines is 1. The van der Waals surface area contributed by atoms with Crippen molar-refractivity contribution < 1.29 is 9.21 Å². The molecule has 1 fully saturated rings. The van der Waals surface area contributed by atoms with Gasteiger partial charge in [-0.05, 0) is 31.0 Å². The van der Waals surface area contributed by atoms with Crippen LogP contribution in [0.5, 0.6) is 0 Å². The minimum absolute atomic E-state index is 0.256. The summed E-state index contributed by atoms with van der Waals surface area (Å²) in [6.07, 6.45) is 2.33. The zero-order valence-electron chi connectivity index (χ0n) is 13.2. The van der Waals surface area contributed by atoms with Crippen LogP contribution in [0.25, 0.3) is 22.4 Å². The van der Waals surface area contributed by atoms with E-state index >= 15 is 0 Å². The van der Waals surface area contributed by atoms with E-state index in [1.165, 1.54) is 11.3 Å².